The van der Waals surface area contributed by atoms with Gasteiger partial charge in [0.2, 0.25) is 5.89 Å². The zero-order chi connectivity index (χ0) is 17.3. The largest absolute Gasteiger partial charge is 0.407 e. The summed E-state index contributed by atoms with van der Waals surface area (Å²) in [4.78, 5) is 12.1. The molecule has 24 heavy (non-hydrogen) atoms. The van der Waals surface area contributed by atoms with E-state index in [1.165, 1.54) is 17.2 Å². The van der Waals surface area contributed by atoms with E-state index in [1.807, 2.05) is 19.1 Å². The highest BCUT2D eigenvalue weighted by molar-refractivity contribution is 7.20. The molecule has 1 amide bonds. The lowest BCUT2D eigenvalue weighted by molar-refractivity contribution is 0.102. The average molecular weight is 382 g/mol. The van der Waals surface area contributed by atoms with E-state index < -0.39 is 5.91 Å². The first-order valence-corrected chi connectivity index (χ1v) is 8.64. The Hall–Kier alpha value is -1.89. The second kappa shape index (κ2) is 6.93. The fraction of sp³-hybridized carbons (Fsp3) is 0.188. The molecule has 0 saturated carbocycles. The molecular formula is C16H13Cl2N3O2S. The number of nitrogens with one attached hydrogen (secondary N) is 1. The first kappa shape index (κ1) is 17.0. The van der Waals surface area contributed by atoms with Gasteiger partial charge in [-0.2, -0.15) is 0 Å². The van der Waals surface area contributed by atoms with Crippen molar-refractivity contribution in [3.8, 4) is 0 Å². The molecule has 0 fully saturated rings. The van der Waals surface area contributed by atoms with Crippen molar-refractivity contribution in [2.24, 2.45) is 0 Å². The van der Waals surface area contributed by atoms with Crippen LogP contribution in [0.15, 0.2) is 28.7 Å². The Morgan fingerprint density at radius 3 is 2.67 bits per heavy atom. The molecule has 5 nitrogen and oxygen atoms in total. The van der Waals surface area contributed by atoms with Gasteiger partial charge in [0, 0.05) is 0 Å². The normalized spacial score (nSPS) is 10.8. The van der Waals surface area contributed by atoms with Crippen LogP contribution in [0, 0.1) is 13.8 Å². The number of carbonyl (C=O) groups is 1. The lowest BCUT2D eigenvalue weighted by Gasteiger charge is -2.02. The van der Waals surface area contributed by atoms with Gasteiger partial charge in [0.05, 0.1) is 16.3 Å². The fourth-order valence-electron chi connectivity index (χ4n) is 2.12. The van der Waals surface area contributed by atoms with Gasteiger partial charge in [-0.3, -0.25) is 10.1 Å². The van der Waals surface area contributed by atoms with Crippen molar-refractivity contribution < 1.29 is 9.21 Å². The third-order valence-electron chi connectivity index (χ3n) is 3.52. The first-order chi connectivity index (χ1) is 11.4. The maximum absolute atomic E-state index is 12.1. The van der Waals surface area contributed by atoms with Crippen molar-refractivity contribution in [2.75, 3.05) is 5.32 Å². The highest BCUT2D eigenvalue weighted by Gasteiger charge is 2.17. The van der Waals surface area contributed by atoms with Crippen molar-refractivity contribution in [1.82, 2.24) is 10.2 Å². The molecule has 0 aliphatic rings. The maximum Gasteiger partial charge on any atom is 0.322 e. The molecular weight excluding hydrogens is 369 g/mol. The van der Waals surface area contributed by atoms with Crippen molar-refractivity contribution in [1.29, 1.82) is 0 Å². The zero-order valence-electron chi connectivity index (χ0n) is 12.9. The number of aryl methyl sites for hydroxylation is 2. The van der Waals surface area contributed by atoms with Gasteiger partial charge in [-0.05, 0) is 36.6 Å². The minimum atomic E-state index is -0.440. The Kier molecular flexibility index (Phi) is 4.89. The van der Waals surface area contributed by atoms with Gasteiger partial charge in [-0.1, -0.05) is 46.5 Å². The number of thiophene rings is 1. The van der Waals surface area contributed by atoms with Crippen LogP contribution < -0.4 is 5.32 Å². The summed E-state index contributed by atoms with van der Waals surface area (Å²) in [5.74, 6) is -0.0208. The minimum Gasteiger partial charge on any atom is -0.407 e. The predicted molar refractivity (Wildman–Crippen MR) is 95.3 cm³/mol. The third-order valence-corrected chi connectivity index (χ3v) is 5.00. The van der Waals surface area contributed by atoms with Gasteiger partial charge in [0.15, 0.2) is 0 Å². The van der Waals surface area contributed by atoms with Gasteiger partial charge in [0.25, 0.3) is 5.91 Å². The molecule has 1 N–H and O–H groups in total. The number of rotatable bonds is 4. The van der Waals surface area contributed by atoms with Gasteiger partial charge in [0.1, 0.15) is 4.34 Å². The van der Waals surface area contributed by atoms with Crippen LogP contribution in [0.4, 0.5) is 6.01 Å². The molecule has 0 saturated heterocycles. The molecule has 124 valence electrons. The molecule has 0 aliphatic carbocycles. The van der Waals surface area contributed by atoms with Gasteiger partial charge < -0.3 is 4.42 Å². The van der Waals surface area contributed by atoms with E-state index in [0.717, 1.165) is 16.9 Å². The summed E-state index contributed by atoms with van der Waals surface area (Å²) in [6, 6.07) is 7.66. The van der Waals surface area contributed by atoms with E-state index >= 15 is 0 Å². The van der Waals surface area contributed by atoms with Crippen molar-refractivity contribution >= 4 is 46.5 Å². The number of hydrogen-bond donors (Lipinski definition) is 1. The van der Waals surface area contributed by atoms with Crippen molar-refractivity contribution in [3.63, 3.8) is 0 Å². The quantitative estimate of drug-likeness (QED) is 0.697. The van der Waals surface area contributed by atoms with Crippen LogP contribution in [0.3, 0.4) is 0 Å². The van der Waals surface area contributed by atoms with Crippen molar-refractivity contribution in [2.45, 2.75) is 20.3 Å². The molecule has 0 aliphatic heterocycles. The summed E-state index contributed by atoms with van der Waals surface area (Å²) in [5, 5.41) is 10.3. The van der Waals surface area contributed by atoms with Crippen LogP contribution in [0.1, 0.15) is 32.9 Å². The van der Waals surface area contributed by atoms with E-state index in [0.29, 0.717) is 21.0 Å². The Bertz CT molecular complexity index is 905. The molecule has 0 bridgehead atoms. The Balaban J connectivity index is 1.70. The number of halogens is 2. The van der Waals surface area contributed by atoms with Crippen LogP contribution >= 0.6 is 34.5 Å². The minimum absolute atomic E-state index is 0.0252. The molecule has 3 aromatic rings. The van der Waals surface area contributed by atoms with Gasteiger partial charge in [-0.25, -0.2) is 0 Å². The molecule has 2 aromatic heterocycles. The summed E-state index contributed by atoms with van der Waals surface area (Å²) in [6.07, 6.45) is 0.495. The Morgan fingerprint density at radius 2 is 2.00 bits per heavy atom. The summed E-state index contributed by atoms with van der Waals surface area (Å²) in [5.41, 5.74) is 3.76. The van der Waals surface area contributed by atoms with E-state index in [2.05, 4.69) is 28.5 Å². The second-order valence-corrected chi connectivity index (χ2v) is 7.57. The molecule has 2 heterocycles. The fourth-order valence-corrected chi connectivity index (χ4v) is 3.58. The second-order valence-electron chi connectivity index (χ2n) is 5.29. The molecule has 0 radical (unpaired) electrons. The topological polar surface area (TPSA) is 68.0 Å². The monoisotopic (exact) mass is 381 g/mol. The summed E-state index contributed by atoms with van der Waals surface area (Å²) >= 11 is 12.9. The highest BCUT2D eigenvalue weighted by Crippen LogP contribution is 2.31. The average Bonchev–Trinajstić information content (AvgIpc) is 3.09. The van der Waals surface area contributed by atoms with Crippen LogP contribution in [0.2, 0.25) is 8.67 Å². The van der Waals surface area contributed by atoms with Crippen LogP contribution in [0.25, 0.3) is 0 Å². The predicted octanol–water partition coefficient (Wildman–Crippen LogP) is 4.90. The van der Waals surface area contributed by atoms with E-state index in [-0.39, 0.29) is 11.6 Å². The van der Waals surface area contributed by atoms with E-state index in [9.17, 15) is 4.79 Å². The number of amides is 1. The number of anilines is 1. The van der Waals surface area contributed by atoms with Gasteiger partial charge in [-0.15, -0.1) is 16.4 Å². The highest BCUT2D eigenvalue weighted by atomic mass is 35.5. The molecule has 3 rings (SSSR count). The van der Waals surface area contributed by atoms with Crippen LogP contribution in [-0.4, -0.2) is 16.1 Å². The lowest BCUT2D eigenvalue weighted by Crippen LogP contribution is -2.11. The number of carbonyl (C=O) groups excluding carboxylic acids is 1. The SMILES string of the molecule is Cc1ccc(Cc2nnc(NC(=O)c3cc(Cl)sc3Cl)o2)cc1C. The van der Waals surface area contributed by atoms with Crippen LogP contribution in [-0.2, 0) is 6.42 Å². The summed E-state index contributed by atoms with van der Waals surface area (Å²) in [7, 11) is 0. The number of hydrogen-bond acceptors (Lipinski definition) is 5. The molecule has 8 heteroatoms. The number of aromatic nitrogens is 2. The molecule has 0 atom stereocenters. The van der Waals surface area contributed by atoms with Crippen LogP contribution in [0.5, 0.6) is 0 Å². The number of benzene rings is 1. The standard InChI is InChI=1S/C16H13Cl2N3O2S/c1-8-3-4-10(5-9(8)2)6-13-20-21-16(23-13)19-15(22)11-7-12(17)24-14(11)18/h3-5,7H,6H2,1-2H3,(H,19,21,22). The van der Waals surface area contributed by atoms with E-state index in [1.54, 1.807) is 0 Å². The Labute approximate surface area is 152 Å². The molecule has 0 spiro atoms. The van der Waals surface area contributed by atoms with Gasteiger partial charge >= 0.3 is 6.01 Å². The van der Waals surface area contributed by atoms with E-state index in [4.69, 9.17) is 27.6 Å². The summed E-state index contributed by atoms with van der Waals surface area (Å²) in [6.45, 7) is 4.11. The first-order valence-electron chi connectivity index (χ1n) is 7.07. The summed E-state index contributed by atoms with van der Waals surface area (Å²) < 4.78 is 6.22. The molecule has 0 unspecified atom stereocenters. The maximum atomic E-state index is 12.1. The smallest absolute Gasteiger partial charge is 0.322 e. The molecule has 1 aromatic carbocycles. The number of nitrogens with zero attached hydrogens (tertiary/aromatic N) is 2. The van der Waals surface area contributed by atoms with Crippen molar-refractivity contribution in [3.05, 3.63) is 61.1 Å². The third kappa shape index (κ3) is 3.77. The zero-order valence-corrected chi connectivity index (χ0v) is 15.2. The lowest BCUT2D eigenvalue weighted by atomic mass is 10.0. The Morgan fingerprint density at radius 1 is 1.21 bits per heavy atom.